The first-order chi connectivity index (χ1) is 14.1. The Morgan fingerprint density at radius 3 is 2.60 bits per heavy atom. The Morgan fingerprint density at radius 1 is 1.23 bits per heavy atom. The number of carbonyl (C=O) groups excluding carboxylic acids is 2. The van der Waals surface area contributed by atoms with Gasteiger partial charge in [0.1, 0.15) is 16.7 Å². The molecule has 164 valence electrons. The average molecular weight is 473 g/mol. The van der Waals surface area contributed by atoms with Crippen molar-refractivity contribution in [1.29, 1.82) is 0 Å². The van der Waals surface area contributed by atoms with Gasteiger partial charge in [-0.05, 0) is 23.8 Å². The molecule has 0 aromatic heterocycles. The monoisotopic (exact) mass is 472 g/mol. The summed E-state index contributed by atoms with van der Waals surface area (Å²) in [6.45, 7) is 4.40. The maximum absolute atomic E-state index is 12.6. The third-order valence-corrected chi connectivity index (χ3v) is 5.98. The van der Waals surface area contributed by atoms with Crippen molar-refractivity contribution in [3.8, 4) is 5.75 Å². The molecule has 1 aromatic carbocycles. The van der Waals surface area contributed by atoms with Gasteiger partial charge in [-0.3, -0.25) is 19.4 Å². The molecule has 10 heteroatoms. The predicted molar refractivity (Wildman–Crippen MR) is 123 cm³/mol. The van der Waals surface area contributed by atoms with Crippen molar-refractivity contribution in [3.63, 3.8) is 0 Å². The van der Waals surface area contributed by atoms with Crippen LogP contribution in [0.5, 0.6) is 5.75 Å². The number of carbonyl (C=O) groups is 2. The molecule has 0 saturated carbocycles. The van der Waals surface area contributed by atoms with Gasteiger partial charge in [-0.1, -0.05) is 36.1 Å². The zero-order chi connectivity index (χ0) is 20.6. The maximum atomic E-state index is 12.6. The number of esters is 1. The SMILES string of the molecule is COc1ccc(C=C2SC(=S)N(CCC(=O)OCCN3CCOCC3)C2=O)cc1.Cl. The number of amides is 1. The van der Waals surface area contributed by atoms with E-state index in [1.54, 1.807) is 13.2 Å². The van der Waals surface area contributed by atoms with Crippen LogP contribution in [0.25, 0.3) is 6.08 Å². The number of thioether (sulfide) groups is 1. The third-order valence-electron chi connectivity index (χ3n) is 4.60. The molecule has 2 aliphatic heterocycles. The van der Waals surface area contributed by atoms with E-state index in [0.29, 0.717) is 35.6 Å². The molecular formula is C20H25ClN2O5S2. The van der Waals surface area contributed by atoms with E-state index in [0.717, 1.165) is 24.4 Å². The van der Waals surface area contributed by atoms with Crippen LogP contribution in [-0.4, -0.2) is 79.1 Å². The molecule has 2 fully saturated rings. The second kappa shape index (κ2) is 12.3. The Labute approximate surface area is 192 Å². The second-order valence-electron chi connectivity index (χ2n) is 6.53. The highest BCUT2D eigenvalue weighted by Gasteiger charge is 2.32. The number of hydrogen-bond donors (Lipinski definition) is 0. The molecule has 30 heavy (non-hydrogen) atoms. The first-order valence-electron chi connectivity index (χ1n) is 9.42. The average Bonchev–Trinajstić information content (AvgIpc) is 3.00. The van der Waals surface area contributed by atoms with Gasteiger partial charge in [0, 0.05) is 26.2 Å². The number of hydrogen-bond acceptors (Lipinski definition) is 8. The van der Waals surface area contributed by atoms with Crippen LogP contribution >= 0.6 is 36.4 Å². The molecule has 2 heterocycles. The van der Waals surface area contributed by atoms with Crippen LogP contribution in [-0.2, 0) is 19.1 Å². The van der Waals surface area contributed by atoms with Crippen LogP contribution in [0, 0.1) is 0 Å². The van der Waals surface area contributed by atoms with Gasteiger partial charge in [0.05, 0.1) is 31.6 Å². The Balaban J connectivity index is 0.00000320. The highest BCUT2D eigenvalue weighted by atomic mass is 35.5. The van der Waals surface area contributed by atoms with Crippen molar-refractivity contribution in [2.75, 3.05) is 53.1 Å². The van der Waals surface area contributed by atoms with Gasteiger partial charge in [0.15, 0.2) is 0 Å². The van der Waals surface area contributed by atoms with Crippen molar-refractivity contribution >= 4 is 58.7 Å². The van der Waals surface area contributed by atoms with Crippen LogP contribution in [0.3, 0.4) is 0 Å². The molecule has 0 bridgehead atoms. The third kappa shape index (κ3) is 6.95. The summed E-state index contributed by atoms with van der Waals surface area (Å²) in [6, 6.07) is 7.41. The lowest BCUT2D eigenvalue weighted by Crippen LogP contribution is -2.38. The predicted octanol–water partition coefficient (Wildman–Crippen LogP) is 2.58. The lowest BCUT2D eigenvalue weighted by atomic mass is 10.2. The van der Waals surface area contributed by atoms with Crippen molar-refractivity contribution < 1.29 is 23.8 Å². The number of benzene rings is 1. The molecule has 0 unspecified atom stereocenters. The van der Waals surface area contributed by atoms with Gasteiger partial charge >= 0.3 is 5.97 Å². The van der Waals surface area contributed by atoms with Crippen LogP contribution < -0.4 is 4.74 Å². The highest BCUT2D eigenvalue weighted by Crippen LogP contribution is 2.32. The fourth-order valence-electron chi connectivity index (χ4n) is 2.93. The number of halogens is 1. The van der Waals surface area contributed by atoms with E-state index in [-0.39, 0.29) is 37.2 Å². The molecule has 3 rings (SSSR count). The van der Waals surface area contributed by atoms with Gasteiger partial charge < -0.3 is 14.2 Å². The lowest BCUT2D eigenvalue weighted by molar-refractivity contribution is -0.144. The summed E-state index contributed by atoms with van der Waals surface area (Å²) in [6.07, 6.45) is 1.91. The topological polar surface area (TPSA) is 68.3 Å². The minimum Gasteiger partial charge on any atom is -0.497 e. The first kappa shape index (κ1) is 24.6. The molecule has 0 aliphatic carbocycles. The molecule has 0 N–H and O–H groups in total. The van der Waals surface area contributed by atoms with Gasteiger partial charge in [0.2, 0.25) is 0 Å². The highest BCUT2D eigenvalue weighted by molar-refractivity contribution is 8.26. The minimum absolute atomic E-state index is 0. The van der Waals surface area contributed by atoms with Gasteiger partial charge in [-0.25, -0.2) is 0 Å². The van der Waals surface area contributed by atoms with Crippen LogP contribution in [0.2, 0.25) is 0 Å². The summed E-state index contributed by atoms with van der Waals surface area (Å²) < 4.78 is 16.2. The zero-order valence-corrected chi connectivity index (χ0v) is 19.2. The molecule has 1 amide bonds. The Bertz CT molecular complexity index is 782. The van der Waals surface area contributed by atoms with E-state index in [1.807, 2.05) is 24.3 Å². The molecular weight excluding hydrogens is 448 g/mol. The van der Waals surface area contributed by atoms with E-state index in [4.69, 9.17) is 26.4 Å². The summed E-state index contributed by atoms with van der Waals surface area (Å²) >= 11 is 6.55. The fraction of sp³-hybridized carbons (Fsp3) is 0.450. The van der Waals surface area contributed by atoms with Crippen LogP contribution in [0.4, 0.5) is 0 Å². The number of rotatable bonds is 8. The maximum Gasteiger partial charge on any atom is 0.307 e. The van der Waals surface area contributed by atoms with Crippen molar-refractivity contribution in [2.45, 2.75) is 6.42 Å². The van der Waals surface area contributed by atoms with Crippen molar-refractivity contribution in [2.24, 2.45) is 0 Å². The standard InChI is InChI=1S/C20H24N2O5S2.ClH/c1-25-16-4-2-15(3-5-16)14-17-19(24)22(20(28)29-17)7-6-18(23)27-13-10-21-8-11-26-12-9-21;/h2-5,14H,6-13H2,1H3;1H. The normalized spacial score (nSPS) is 18.4. The first-order valence-corrected chi connectivity index (χ1v) is 10.6. The molecule has 2 aliphatic rings. The quantitative estimate of drug-likeness (QED) is 0.325. The van der Waals surface area contributed by atoms with Gasteiger partial charge in [-0.2, -0.15) is 0 Å². The zero-order valence-electron chi connectivity index (χ0n) is 16.7. The molecule has 0 radical (unpaired) electrons. The summed E-state index contributed by atoms with van der Waals surface area (Å²) in [5.41, 5.74) is 0.883. The number of ether oxygens (including phenoxy) is 3. The summed E-state index contributed by atoms with van der Waals surface area (Å²) in [5.74, 6) is 0.241. The number of morpholine rings is 1. The van der Waals surface area contributed by atoms with E-state index in [2.05, 4.69) is 4.90 Å². The number of thiocarbonyl (C=S) groups is 1. The molecule has 7 nitrogen and oxygen atoms in total. The summed E-state index contributed by atoms with van der Waals surface area (Å²) in [4.78, 5) is 28.8. The fourth-order valence-corrected chi connectivity index (χ4v) is 4.24. The van der Waals surface area contributed by atoms with E-state index in [1.165, 1.54) is 16.7 Å². The Kier molecular flexibility index (Phi) is 10.1. The van der Waals surface area contributed by atoms with Crippen molar-refractivity contribution in [3.05, 3.63) is 34.7 Å². The van der Waals surface area contributed by atoms with E-state index in [9.17, 15) is 9.59 Å². The lowest BCUT2D eigenvalue weighted by Gasteiger charge is -2.26. The van der Waals surface area contributed by atoms with Gasteiger partial charge in [0.25, 0.3) is 5.91 Å². The molecule has 2 saturated heterocycles. The van der Waals surface area contributed by atoms with Crippen LogP contribution in [0.15, 0.2) is 29.2 Å². The van der Waals surface area contributed by atoms with E-state index >= 15 is 0 Å². The second-order valence-corrected chi connectivity index (χ2v) is 8.21. The minimum atomic E-state index is -0.327. The number of nitrogens with zero attached hydrogens (tertiary/aromatic N) is 2. The van der Waals surface area contributed by atoms with E-state index < -0.39 is 0 Å². The van der Waals surface area contributed by atoms with Gasteiger partial charge in [-0.15, -0.1) is 12.4 Å². The molecule has 0 spiro atoms. The molecule has 0 atom stereocenters. The smallest absolute Gasteiger partial charge is 0.307 e. The Morgan fingerprint density at radius 2 is 1.93 bits per heavy atom. The summed E-state index contributed by atoms with van der Waals surface area (Å²) in [7, 11) is 1.60. The van der Waals surface area contributed by atoms with Crippen molar-refractivity contribution in [1.82, 2.24) is 9.80 Å². The van der Waals surface area contributed by atoms with Crippen LogP contribution in [0.1, 0.15) is 12.0 Å². The molecule has 1 aromatic rings. The Hall–Kier alpha value is -1.65. The largest absolute Gasteiger partial charge is 0.497 e. The number of methoxy groups -OCH3 is 1. The summed E-state index contributed by atoms with van der Waals surface area (Å²) in [5, 5.41) is 0.